The molecule has 0 radical (unpaired) electrons. The molecule has 0 aliphatic heterocycles. The van der Waals surface area contributed by atoms with Gasteiger partial charge in [-0.25, -0.2) is 0 Å². The minimum absolute atomic E-state index is 0.0558. The monoisotopic (exact) mass is 433 g/mol. The Morgan fingerprint density at radius 1 is 1.29 bits per heavy atom. The van der Waals surface area contributed by atoms with E-state index < -0.39 is 0 Å². The molecule has 7 nitrogen and oxygen atoms in total. The van der Waals surface area contributed by atoms with Crippen molar-refractivity contribution < 1.29 is 4.79 Å². The topological polar surface area (TPSA) is 81.3 Å². The Hall–Kier alpha value is -2.36. The van der Waals surface area contributed by atoms with Crippen LogP contribution in [-0.4, -0.2) is 30.8 Å². The molecular weight excluding hydrogens is 418 g/mol. The normalized spacial score (nSPS) is 11.4. The van der Waals surface area contributed by atoms with E-state index in [0.29, 0.717) is 32.9 Å². The van der Waals surface area contributed by atoms with Crippen molar-refractivity contribution in [3.63, 3.8) is 0 Å². The lowest BCUT2D eigenvalue weighted by Gasteiger charge is -2.08. The van der Waals surface area contributed by atoms with Gasteiger partial charge in [0.2, 0.25) is 11.7 Å². The van der Waals surface area contributed by atoms with Crippen LogP contribution >= 0.6 is 34.7 Å². The maximum absolute atomic E-state index is 12.7. The maximum atomic E-state index is 12.7. The number of anilines is 1. The molecular formula is C18H16ClN5O2S2. The number of hydrogen-bond donors (Lipinski definition) is 1. The first-order valence-corrected chi connectivity index (χ1v) is 10.9. The van der Waals surface area contributed by atoms with Crippen LogP contribution in [0.3, 0.4) is 0 Å². The van der Waals surface area contributed by atoms with Gasteiger partial charge in [0.1, 0.15) is 4.70 Å². The minimum Gasteiger partial charge on any atom is -0.324 e. The number of thioether (sulfide) groups is 1. The zero-order valence-electron chi connectivity index (χ0n) is 14.9. The van der Waals surface area contributed by atoms with Gasteiger partial charge in [-0.15, -0.1) is 21.5 Å². The van der Waals surface area contributed by atoms with Crippen LogP contribution in [0.25, 0.3) is 16.0 Å². The van der Waals surface area contributed by atoms with Gasteiger partial charge in [-0.1, -0.05) is 42.4 Å². The molecule has 1 amide bonds. The minimum atomic E-state index is -0.196. The number of carbonyl (C=O) groups is 1. The Balaban J connectivity index is 1.64. The van der Waals surface area contributed by atoms with Crippen molar-refractivity contribution in [3.8, 4) is 0 Å². The third-order valence-electron chi connectivity index (χ3n) is 4.11. The molecule has 10 heteroatoms. The van der Waals surface area contributed by atoms with Crippen molar-refractivity contribution >= 4 is 62.3 Å². The number of thiophene rings is 1. The number of amides is 1. The number of fused-ring (bicyclic) bond motifs is 3. The zero-order valence-corrected chi connectivity index (χ0v) is 17.3. The van der Waals surface area contributed by atoms with Crippen molar-refractivity contribution in [2.24, 2.45) is 0 Å². The van der Waals surface area contributed by atoms with Crippen molar-refractivity contribution in [3.05, 3.63) is 51.1 Å². The van der Waals surface area contributed by atoms with Gasteiger partial charge < -0.3 is 5.32 Å². The van der Waals surface area contributed by atoms with Gasteiger partial charge in [0.15, 0.2) is 5.16 Å². The number of hydrogen-bond acceptors (Lipinski definition) is 6. The molecule has 1 aromatic carbocycles. The summed E-state index contributed by atoms with van der Waals surface area (Å²) in [6.07, 6.45) is 0.808. The first-order valence-electron chi connectivity index (χ1n) is 8.62. The number of benzene rings is 1. The molecule has 3 aromatic heterocycles. The van der Waals surface area contributed by atoms with Crippen LogP contribution in [-0.2, 0) is 11.3 Å². The highest BCUT2D eigenvalue weighted by atomic mass is 35.5. The number of aromatic nitrogens is 4. The van der Waals surface area contributed by atoms with E-state index in [1.54, 1.807) is 28.8 Å². The Kier molecular flexibility index (Phi) is 5.38. The summed E-state index contributed by atoms with van der Waals surface area (Å²) in [6, 6.07) is 8.95. The molecule has 28 heavy (non-hydrogen) atoms. The van der Waals surface area contributed by atoms with Crippen LogP contribution in [0.15, 0.2) is 45.7 Å². The summed E-state index contributed by atoms with van der Waals surface area (Å²) in [5.41, 5.74) is 1.27. The zero-order chi connectivity index (χ0) is 19.7. The largest absolute Gasteiger partial charge is 0.324 e. The van der Waals surface area contributed by atoms with Gasteiger partial charge in [0.25, 0.3) is 5.56 Å². The van der Waals surface area contributed by atoms with E-state index in [4.69, 9.17) is 11.6 Å². The Morgan fingerprint density at radius 3 is 2.89 bits per heavy atom. The quantitative estimate of drug-likeness (QED) is 0.466. The number of nitrogens with one attached hydrogen (secondary N) is 1. The summed E-state index contributed by atoms with van der Waals surface area (Å²) >= 11 is 8.74. The van der Waals surface area contributed by atoms with Crippen molar-refractivity contribution in [2.45, 2.75) is 25.0 Å². The van der Waals surface area contributed by atoms with Gasteiger partial charge in [-0.3, -0.25) is 18.6 Å². The van der Waals surface area contributed by atoms with E-state index in [-0.39, 0.29) is 17.2 Å². The molecule has 0 bridgehead atoms. The molecule has 0 saturated heterocycles. The van der Waals surface area contributed by atoms with E-state index in [0.717, 1.165) is 11.9 Å². The molecule has 0 aliphatic rings. The van der Waals surface area contributed by atoms with Crippen LogP contribution in [0.1, 0.15) is 13.3 Å². The lowest BCUT2D eigenvalue weighted by molar-refractivity contribution is -0.113. The number of rotatable bonds is 6. The highest BCUT2D eigenvalue weighted by Gasteiger charge is 2.18. The summed E-state index contributed by atoms with van der Waals surface area (Å²) < 4.78 is 4.14. The predicted molar refractivity (Wildman–Crippen MR) is 114 cm³/mol. The van der Waals surface area contributed by atoms with Crippen LogP contribution in [0, 0.1) is 0 Å². The number of nitrogens with zero attached hydrogens (tertiary/aromatic N) is 4. The van der Waals surface area contributed by atoms with Crippen molar-refractivity contribution in [1.82, 2.24) is 19.2 Å². The first-order chi connectivity index (χ1) is 13.6. The van der Waals surface area contributed by atoms with Gasteiger partial charge in [0, 0.05) is 6.54 Å². The standard InChI is InChI=1S/C18H16ClN5O2S2/c1-2-8-23-16(26)15-13(7-9-27-15)24-17(23)21-22-18(24)28-10-14(25)20-12-6-4-3-5-11(12)19/h3-7,9H,2,8,10H2,1H3,(H,20,25). The Bertz CT molecular complexity index is 1230. The van der Waals surface area contributed by atoms with E-state index in [1.165, 1.54) is 23.1 Å². The summed E-state index contributed by atoms with van der Waals surface area (Å²) in [4.78, 5) is 25.0. The lowest BCUT2D eigenvalue weighted by Crippen LogP contribution is -2.22. The van der Waals surface area contributed by atoms with Gasteiger partial charge in [-0.2, -0.15) is 0 Å². The van der Waals surface area contributed by atoms with E-state index in [2.05, 4.69) is 15.5 Å². The Morgan fingerprint density at radius 2 is 2.11 bits per heavy atom. The molecule has 3 heterocycles. The van der Waals surface area contributed by atoms with Gasteiger partial charge in [-0.05, 0) is 30.0 Å². The summed E-state index contributed by atoms with van der Waals surface area (Å²) in [5, 5.41) is 14.1. The molecule has 0 unspecified atom stereocenters. The Labute approximate surface area is 173 Å². The molecule has 0 saturated carbocycles. The summed E-state index contributed by atoms with van der Waals surface area (Å²) in [7, 11) is 0. The maximum Gasteiger partial charge on any atom is 0.272 e. The van der Waals surface area contributed by atoms with Crippen LogP contribution in [0.2, 0.25) is 5.02 Å². The van der Waals surface area contributed by atoms with Crippen molar-refractivity contribution in [1.29, 1.82) is 0 Å². The SMILES string of the molecule is CCCn1c(=O)c2sccc2n2c(SCC(=O)Nc3ccccc3Cl)nnc12. The number of para-hydroxylation sites is 1. The second-order valence-corrected chi connectivity index (χ2v) is 8.29. The fourth-order valence-electron chi connectivity index (χ4n) is 2.90. The second-order valence-electron chi connectivity index (χ2n) is 6.03. The van der Waals surface area contributed by atoms with Crippen LogP contribution < -0.4 is 10.9 Å². The molecule has 1 N–H and O–H groups in total. The predicted octanol–water partition coefficient (Wildman–Crippen LogP) is 3.90. The molecule has 144 valence electrons. The second kappa shape index (κ2) is 7.94. The molecule has 0 atom stereocenters. The van der Waals surface area contributed by atoms with Crippen molar-refractivity contribution in [2.75, 3.05) is 11.1 Å². The highest BCUT2D eigenvalue weighted by molar-refractivity contribution is 7.99. The lowest BCUT2D eigenvalue weighted by atomic mass is 10.3. The van der Waals surface area contributed by atoms with Crippen LogP contribution in [0.4, 0.5) is 5.69 Å². The fraction of sp³-hybridized carbons (Fsp3) is 0.222. The summed E-state index contributed by atoms with van der Waals surface area (Å²) in [6.45, 7) is 2.57. The number of halogens is 1. The smallest absolute Gasteiger partial charge is 0.272 e. The van der Waals surface area contributed by atoms with E-state index in [1.807, 2.05) is 22.8 Å². The summed E-state index contributed by atoms with van der Waals surface area (Å²) in [5.74, 6) is 0.440. The average Bonchev–Trinajstić information content (AvgIpc) is 3.32. The number of aryl methyl sites for hydroxylation is 1. The number of carbonyl (C=O) groups excluding carboxylic acids is 1. The van der Waals surface area contributed by atoms with E-state index in [9.17, 15) is 9.59 Å². The fourth-order valence-corrected chi connectivity index (χ4v) is 4.64. The third kappa shape index (κ3) is 3.41. The third-order valence-corrected chi connectivity index (χ3v) is 6.26. The molecule has 0 aliphatic carbocycles. The molecule has 0 fully saturated rings. The first kappa shape index (κ1) is 19.0. The molecule has 4 rings (SSSR count). The van der Waals surface area contributed by atoms with Gasteiger partial charge in [0.05, 0.1) is 22.0 Å². The molecule has 0 spiro atoms. The van der Waals surface area contributed by atoms with Crippen LogP contribution in [0.5, 0.6) is 0 Å². The molecule has 4 aromatic rings. The van der Waals surface area contributed by atoms with E-state index >= 15 is 0 Å². The average molecular weight is 434 g/mol. The highest BCUT2D eigenvalue weighted by Crippen LogP contribution is 2.25. The van der Waals surface area contributed by atoms with Gasteiger partial charge >= 0.3 is 0 Å².